The van der Waals surface area contributed by atoms with Gasteiger partial charge in [-0.1, -0.05) is 23.8 Å². The lowest BCUT2D eigenvalue weighted by molar-refractivity contribution is 0.476. The Balaban J connectivity index is 2.89. The zero-order chi connectivity index (χ0) is 15.6. The van der Waals surface area contributed by atoms with Crippen LogP contribution in [0, 0.1) is 0 Å². The molecule has 0 aliphatic carbocycles. The van der Waals surface area contributed by atoms with Crippen LogP contribution in [0.2, 0.25) is 5.02 Å². The highest BCUT2D eigenvalue weighted by Gasteiger charge is 2.22. The van der Waals surface area contributed by atoms with Gasteiger partial charge in [-0.25, -0.2) is 13.1 Å². The molecule has 0 aliphatic rings. The highest BCUT2D eigenvalue weighted by Crippen LogP contribution is 2.22. The molecular formula is C12H18ClN3O2S2. The van der Waals surface area contributed by atoms with Crippen LogP contribution in [0.25, 0.3) is 0 Å². The summed E-state index contributed by atoms with van der Waals surface area (Å²) in [5.74, 6) is 0. The van der Waals surface area contributed by atoms with Gasteiger partial charge < -0.3 is 11.1 Å². The van der Waals surface area contributed by atoms with Crippen LogP contribution in [0.5, 0.6) is 0 Å². The zero-order valence-corrected chi connectivity index (χ0v) is 13.9. The Morgan fingerprint density at radius 3 is 2.55 bits per heavy atom. The van der Waals surface area contributed by atoms with Crippen molar-refractivity contribution in [1.82, 2.24) is 4.72 Å². The normalized spacial score (nSPS) is 12.2. The van der Waals surface area contributed by atoms with Gasteiger partial charge in [0, 0.05) is 28.4 Å². The van der Waals surface area contributed by atoms with Crippen molar-refractivity contribution in [2.24, 2.45) is 5.73 Å². The fourth-order valence-electron chi connectivity index (χ4n) is 1.73. The average Bonchev–Trinajstić information content (AvgIpc) is 2.22. The van der Waals surface area contributed by atoms with E-state index in [2.05, 4.69) is 10.0 Å². The van der Waals surface area contributed by atoms with E-state index in [0.717, 1.165) is 6.26 Å². The number of sulfonamides is 1. The van der Waals surface area contributed by atoms with E-state index in [0.29, 0.717) is 22.8 Å². The Morgan fingerprint density at radius 1 is 1.45 bits per heavy atom. The molecule has 4 N–H and O–H groups in total. The molecule has 1 aromatic rings. The molecule has 0 saturated carbocycles. The molecule has 0 aliphatic heterocycles. The van der Waals surface area contributed by atoms with Crippen LogP contribution in [-0.2, 0) is 10.0 Å². The maximum Gasteiger partial charge on any atom is 0.209 e. The fourth-order valence-corrected chi connectivity index (χ4v) is 3.16. The first-order valence-electron chi connectivity index (χ1n) is 5.82. The molecular weight excluding hydrogens is 318 g/mol. The largest absolute Gasteiger partial charge is 0.389 e. The van der Waals surface area contributed by atoms with Crippen molar-refractivity contribution in [3.05, 3.63) is 28.8 Å². The molecule has 0 aromatic heterocycles. The van der Waals surface area contributed by atoms with Crippen molar-refractivity contribution >= 4 is 44.5 Å². The van der Waals surface area contributed by atoms with Gasteiger partial charge in [-0.2, -0.15) is 0 Å². The smallest absolute Gasteiger partial charge is 0.209 e. The third-order valence-corrected chi connectivity index (χ3v) is 3.81. The van der Waals surface area contributed by atoms with Crippen molar-refractivity contribution < 1.29 is 8.42 Å². The summed E-state index contributed by atoms with van der Waals surface area (Å²) in [5.41, 5.74) is 6.32. The first kappa shape index (κ1) is 17.2. The number of hydrogen-bond donors (Lipinski definition) is 3. The van der Waals surface area contributed by atoms with Gasteiger partial charge in [-0.3, -0.25) is 0 Å². The van der Waals surface area contributed by atoms with Gasteiger partial charge in [0.2, 0.25) is 10.0 Å². The summed E-state index contributed by atoms with van der Waals surface area (Å²) in [6, 6.07) is 5.12. The van der Waals surface area contributed by atoms with Crippen molar-refractivity contribution in [3.63, 3.8) is 0 Å². The van der Waals surface area contributed by atoms with Gasteiger partial charge in [-0.15, -0.1) is 0 Å². The SMILES string of the molecule is CC(C)(CNc1cc(Cl)ccc1C(N)=S)NS(C)(=O)=O. The van der Waals surface area contributed by atoms with E-state index in [4.69, 9.17) is 29.6 Å². The molecule has 0 saturated heterocycles. The van der Waals surface area contributed by atoms with Crippen LogP contribution in [0.3, 0.4) is 0 Å². The number of anilines is 1. The van der Waals surface area contributed by atoms with Crippen LogP contribution in [0.15, 0.2) is 18.2 Å². The lowest BCUT2D eigenvalue weighted by atomic mass is 10.1. The van der Waals surface area contributed by atoms with E-state index in [1.54, 1.807) is 32.0 Å². The predicted molar refractivity (Wildman–Crippen MR) is 87.9 cm³/mol. The van der Waals surface area contributed by atoms with Crippen molar-refractivity contribution in [3.8, 4) is 0 Å². The van der Waals surface area contributed by atoms with Crippen molar-refractivity contribution in [1.29, 1.82) is 0 Å². The number of halogens is 1. The Labute approximate surface area is 129 Å². The molecule has 0 amide bonds. The van der Waals surface area contributed by atoms with Gasteiger partial charge in [0.15, 0.2) is 0 Å². The third kappa shape index (κ3) is 5.62. The number of thiocarbonyl (C=S) groups is 1. The summed E-state index contributed by atoms with van der Waals surface area (Å²) in [4.78, 5) is 0.248. The Bertz CT molecular complexity index is 615. The van der Waals surface area contributed by atoms with Crippen molar-refractivity contribution in [2.45, 2.75) is 19.4 Å². The molecule has 0 heterocycles. The van der Waals surface area contributed by atoms with Crippen LogP contribution in [-0.4, -0.2) is 31.7 Å². The molecule has 112 valence electrons. The molecule has 1 rings (SSSR count). The van der Waals surface area contributed by atoms with Crippen LogP contribution in [0.1, 0.15) is 19.4 Å². The summed E-state index contributed by atoms with van der Waals surface area (Å²) in [6.07, 6.45) is 1.12. The molecule has 1 aromatic carbocycles. The van der Waals surface area contributed by atoms with Gasteiger partial charge in [0.05, 0.1) is 6.26 Å². The van der Waals surface area contributed by atoms with E-state index < -0.39 is 15.6 Å². The topological polar surface area (TPSA) is 84.2 Å². The summed E-state index contributed by atoms with van der Waals surface area (Å²) in [6.45, 7) is 3.90. The Hall–Kier alpha value is -0.890. The second-order valence-electron chi connectivity index (χ2n) is 5.17. The number of nitrogens with one attached hydrogen (secondary N) is 2. The van der Waals surface area contributed by atoms with E-state index in [1.165, 1.54) is 0 Å². The molecule has 0 atom stereocenters. The summed E-state index contributed by atoms with van der Waals surface area (Å²) >= 11 is 10.9. The molecule has 8 heteroatoms. The first-order chi connectivity index (χ1) is 9.00. The molecule has 0 spiro atoms. The van der Waals surface area contributed by atoms with Gasteiger partial charge in [-0.05, 0) is 32.0 Å². The number of nitrogens with two attached hydrogens (primary N) is 1. The lowest BCUT2D eigenvalue weighted by Crippen LogP contribution is -2.47. The minimum Gasteiger partial charge on any atom is -0.389 e. The summed E-state index contributed by atoms with van der Waals surface area (Å²) in [5, 5.41) is 3.66. The van der Waals surface area contributed by atoms with Crippen molar-refractivity contribution in [2.75, 3.05) is 18.1 Å². The maximum absolute atomic E-state index is 11.3. The minimum atomic E-state index is -3.29. The monoisotopic (exact) mass is 335 g/mol. The second-order valence-corrected chi connectivity index (χ2v) is 7.79. The molecule has 20 heavy (non-hydrogen) atoms. The highest BCUT2D eigenvalue weighted by atomic mass is 35.5. The average molecular weight is 336 g/mol. The standard InChI is InChI=1S/C12H18ClN3O2S2/c1-12(2,16-20(3,17)18)7-15-10-6-8(13)4-5-9(10)11(14)19/h4-6,15-16H,7H2,1-3H3,(H2,14,19). The molecule has 0 radical (unpaired) electrons. The second kappa shape index (κ2) is 6.26. The molecule has 0 bridgehead atoms. The fraction of sp³-hybridized carbons (Fsp3) is 0.417. The van der Waals surface area contributed by atoms with E-state index in [9.17, 15) is 8.42 Å². The number of benzene rings is 1. The predicted octanol–water partition coefficient (Wildman–Crippen LogP) is 1.71. The third-order valence-electron chi connectivity index (χ3n) is 2.43. The zero-order valence-electron chi connectivity index (χ0n) is 11.5. The number of hydrogen-bond acceptors (Lipinski definition) is 4. The summed E-state index contributed by atoms with van der Waals surface area (Å²) < 4.78 is 25.1. The van der Waals surface area contributed by atoms with Gasteiger partial charge >= 0.3 is 0 Å². The van der Waals surface area contributed by atoms with E-state index in [-0.39, 0.29) is 4.99 Å². The molecule has 0 fully saturated rings. The van der Waals surface area contributed by atoms with Crippen LogP contribution < -0.4 is 15.8 Å². The Kier molecular flexibility index (Phi) is 5.37. The van der Waals surface area contributed by atoms with Crippen LogP contribution >= 0.6 is 23.8 Å². The lowest BCUT2D eigenvalue weighted by Gasteiger charge is -2.26. The van der Waals surface area contributed by atoms with Gasteiger partial charge in [0.25, 0.3) is 0 Å². The minimum absolute atomic E-state index is 0.248. The Morgan fingerprint density at radius 2 is 2.05 bits per heavy atom. The first-order valence-corrected chi connectivity index (χ1v) is 8.50. The van der Waals surface area contributed by atoms with E-state index in [1.807, 2.05) is 0 Å². The van der Waals surface area contributed by atoms with Gasteiger partial charge in [0.1, 0.15) is 4.99 Å². The summed E-state index contributed by atoms with van der Waals surface area (Å²) in [7, 11) is -3.29. The maximum atomic E-state index is 11.3. The highest BCUT2D eigenvalue weighted by molar-refractivity contribution is 7.88. The molecule has 0 unspecified atom stereocenters. The van der Waals surface area contributed by atoms with Crippen LogP contribution in [0.4, 0.5) is 5.69 Å². The molecule has 5 nitrogen and oxygen atoms in total. The quantitative estimate of drug-likeness (QED) is 0.689. The van der Waals surface area contributed by atoms with E-state index >= 15 is 0 Å². The number of rotatable bonds is 6.